The van der Waals surface area contributed by atoms with Crippen LogP contribution in [0, 0.1) is 0 Å². The topological polar surface area (TPSA) is 29.1 Å². The summed E-state index contributed by atoms with van der Waals surface area (Å²) in [6.07, 6.45) is 7.24. The highest BCUT2D eigenvalue weighted by atomic mass is 16.1. The summed E-state index contributed by atoms with van der Waals surface area (Å²) in [5.74, 6) is 1.16. The van der Waals surface area contributed by atoms with Gasteiger partial charge in [0.15, 0.2) is 0 Å². The Kier molecular flexibility index (Phi) is 6.25. The van der Waals surface area contributed by atoms with Crippen molar-refractivity contribution in [3.8, 4) is 0 Å². The first-order chi connectivity index (χ1) is 9.81. The number of carbonyl (C=O) groups is 1. The highest BCUT2D eigenvalue weighted by Crippen LogP contribution is 2.40. The van der Waals surface area contributed by atoms with E-state index in [-0.39, 0.29) is 0 Å². The van der Waals surface area contributed by atoms with Gasteiger partial charge in [0.05, 0.1) is 0 Å². The zero-order valence-electron chi connectivity index (χ0n) is 12.6. The Morgan fingerprint density at radius 2 is 1.95 bits per heavy atom. The van der Waals surface area contributed by atoms with Crippen molar-refractivity contribution >= 4 is 5.78 Å². The zero-order chi connectivity index (χ0) is 14.2. The van der Waals surface area contributed by atoms with E-state index in [2.05, 4.69) is 42.6 Å². The Labute approximate surface area is 123 Å². The molecule has 1 aliphatic carbocycles. The summed E-state index contributed by atoms with van der Waals surface area (Å²) in [6, 6.07) is 11.5. The van der Waals surface area contributed by atoms with E-state index in [1.165, 1.54) is 24.8 Å². The van der Waals surface area contributed by atoms with Gasteiger partial charge in [-0.15, -0.1) is 0 Å². The number of unbranched alkanes of at least 4 members (excludes halogenated alkanes) is 2. The molecule has 1 fully saturated rings. The fourth-order valence-electron chi connectivity index (χ4n) is 2.80. The molecular weight excluding hydrogens is 246 g/mol. The number of nitrogens with one attached hydrogen (secondary N) is 1. The zero-order valence-corrected chi connectivity index (χ0v) is 12.6. The van der Waals surface area contributed by atoms with Crippen LogP contribution in [0.15, 0.2) is 30.3 Å². The van der Waals surface area contributed by atoms with Gasteiger partial charge in [-0.3, -0.25) is 4.79 Å². The van der Waals surface area contributed by atoms with Gasteiger partial charge in [-0.1, -0.05) is 43.7 Å². The average Bonchev–Trinajstić information content (AvgIpc) is 3.23. The molecule has 1 saturated carbocycles. The van der Waals surface area contributed by atoms with Crippen molar-refractivity contribution in [1.82, 2.24) is 5.32 Å². The van der Waals surface area contributed by atoms with Gasteiger partial charge in [0.25, 0.3) is 0 Å². The Balaban J connectivity index is 1.48. The molecule has 0 amide bonds. The third-order valence-corrected chi connectivity index (χ3v) is 4.09. The first kappa shape index (κ1) is 15.2. The number of carbonyl (C=O) groups excluding carboxylic acids is 1. The molecule has 0 spiro atoms. The SMILES string of the molecule is CCCC(=O)CCCCCNC1CC1c1ccccc1. The second kappa shape index (κ2) is 8.21. The molecule has 2 nitrogen and oxygen atoms in total. The summed E-state index contributed by atoms with van der Waals surface area (Å²) in [6.45, 7) is 3.16. The maximum atomic E-state index is 11.4. The largest absolute Gasteiger partial charge is 0.313 e. The molecular formula is C18H27NO. The molecule has 20 heavy (non-hydrogen) atoms. The van der Waals surface area contributed by atoms with Gasteiger partial charge in [0.2, 0.25) is 0 Å². The van der Waals surface area contributed by atoms with Gasteiger partial charge >= 0.3 is 0 Å². The second-order valence-corrected chi connectivity index (χ2v) is 5.91. The van der Waals surface area contributed by atoms with Gasteiger partial charge in [-0.2, -0.15) is 0 Å². The number of Topliss-reactive ketones (excluding diaryl/α,β-unsaturated/α-hetero) is 1. The van der Waals surface area contributed by atoms with E-state index in [0.29, 0.717) is 11.8 Å². The van der Waals surface area contributed by atoms with Gasteiger partial charge < -0.3 is 5.32 Å². The van der Waals surface area contributed by atoms with Crippen LogP contribution in [-0.2, 0) is 4.79 Å². The van der Waals surface area contributed by atoms with E-state index in [9.17, 15) is 4.79 Å². The first-order valence-electron chi connectivity index (χ1n) is 8.11. The standard InChI is InChI=1S/C18H27NO/c1-2-9-16(20)12-7-4-8-13-19-18-14-17(18)15-10-5-3-6-11-15/h3,5-6,10-11,17-19H,2,4,7-9,12-14H2,1H3. The van der Waals surface area contributed by atoms with E-state index < -0.39 is 0 Å². The van der Waals surface area contributed by atoms with Crippen molar-refractivity contribution in [2.75, 3.05) is 6.54 Å². The highest BCUT2D eigenvalue weighted by Gasteiger charge is 2.37. The van der Waals surface area contributed by atoms with Gasteiger partial charge in [0.1, 0.15) is 5.78 Å². The highest BCUT2D eigenvalue weighted by molar-refractivity contribution is 5.78. The minimum atomic E-state index is 0.437. The third-order valence-electron chi connectivity index (χ3n) is 4.09. The molecule has 1 aromatic carbocycles. The Morgan fingerprint density at radius 1 is 1.15 bits per heavy atom. The fraction of sp³-hybridized carbons (Fsp3) is 0.611. The Morgan fingerprint density at radius 3 is 2.70 bits per heavy atom. The molecule has 1 aromatic rings. The molecule has 2 unspecified atom stereocenters. The quantitative estimate of drug-likeness (QED) is 0.651. The van der Waals surface area contributed by atoms with E-state index in [0.717, 1.165) is 38.1 Å². The van der Waals surface area contributed by atoms with Crippen molar-refractivity contribution in [2.24, 2.45) is 0 Å². The minimum absolute atomic E-state index is 0.437. The molecule has 0 aromatic heterocycles. The number of ketones is 1. The minimum Gasteiger partial charge on any atom is -0.313 e. The van der Waals surface area contributed by atoms with E-state index in [1.54, 1.807) is 0 Å². The molecule has 1 N–H and O–H groups in total. The Hall–Kier alpha value is -1.15. The van der Waals surface area contributed by atoms with Crippen molar-refractivity contribution in [3.63, 3.8) is 0 Å². The van der Waals surface area contributed by atoms with Crippen molar-refractivity contribution in [3.05, 3.63) is 35.9 Å². The number of hydrogen-bond acceptors (Lipinski definition) is 2. The molecule has 110 valence electrons. The monoisotopic (exact) mass is 273 g/mol. The average molecular weight is 273 g/mol. The first-order valence-corrected chi connectivity index (χ1v) is 8.11. The van der Waals surface area contributed by atoms with Gasteiger partial charge in [-0.25, -0.2) is 0 Å². The van der Waals surface area contributed by atoms with Crippen LogP contribution >= 0.6 is 0 Å². The lowest BCUT2D eigenvalue weighted by atomic mass is 10.1. The lowest BCUT2D eigenvalue weighted by Crippen LogP contribution is -2.19. The summed E-state index contributed by atoms with van der Waals surface area (Å²) < 4.78 is 0. The predicted octanol–water partition coefficient (Wildman–Crippen LogP) is 4.06. The van der Waals surface area contributed by atoms with Crippen LogP contribution in [0.5, 0.6) is 0 Å². The van der Waals surface area contributed by atoms with E-state index >= 15 is 0 Å². The number of benzene rings is 1. The third kappa shape index (κ3) is 5.09. The smallest absolute Gasteiger partial charge is 0.132 e. The maximum Gasteiger partial charge on any atom is 0.132 e. The molecule has 0 radical (unpaired) electrons. The van der Waals surface area contributed by atoms with Crippen LogP contribution in [0.3, 0.4) is 0 Å². The van der Waals surface area contributed by atoms with Crippen molar-refractivity contribution < 1.29 is 4.79 Å². The molecule has 0 aliphatic heterocycles. The summed E-state index contributed by atoms with van der Waals surface area (Å²) in [5.41, 5.74) is 1.47. The molecule has 1 aliphatic rings. The molecule has 2 heteroatoms. The summed E-state index contributed by atoms with van der Waals surface area (Å²) in [7, 11) is 0. The van der Waals surface area contributed by atoms with Crippen LogP contribution in [0.2, 0.25) is 0 Å². The molecule has 0 bridgehead atoms. The normalized spacial score (nSPS) is 20.9. The molecule has 0 saturated heterocycles. The maximum absolute atomic E-state index is 11.4. The summed E-state index contributed by atoms with van der Waals surface area (Å²) in [4.78, 5) is 11.4. The lowest BCUT2D eigenvalue weighted by Gasteiger charge is -2.04. The van der Waals surface area contributed by atoms with Crippen LogP contribution in [0.4, 0.5) is 0 Å². The fourth-order valence-corrected chi connectivity index (χ4v) is 2.80. The van der Waals surface area contributed by atoms with Crippen LogP contribution in [0.25, 0.3) is 0 Å². The molecule has 0 heterocycles. The molecule has 2 rings (SSSR count). The predicted molar refractivity (Wildman–Crippen MR) is 84.0 cm³/mol. The van der Waals surface area contributed by atoms with Crippen LogP contribution in [0.1, 0.15) is 63.4 Å². The van der Waals surface area contributed by atoms with E-state index in [4.69, 9.17) is 0 Å². The molecule has 2 atom stereocenters. The number of rotatable bonds is 10. The summed E-state index contributed by atoms with van der Waals surface area (Å²) >= 11 is 0. The van der Waals surface area contributed by atoms with Crippen molar-refractivity contribution in [1.29, 1.82) is 0 Å². The van der Waals surface area contributed by atoms with E-state index in [1.807, 2.05) is 0 Å². The van der Waals surface area contributed by atoms with Gasteiger partial charge in [-0.05, 0) is 37.8 Å². The van der Waals surface area contributed by atoms with Crippen molar-refractivity contribution in [2.45, 2.75) is 63.8 Å². The second-order valence-electron chi connectivity index (χ2n) is 5.91. The Bertz CT molecular complexity index is 401. The van der Waals surface area contributed by atoms with Crippen LogP contribution in [-0.4, -0.2) is 18.4 Å². The number of hydrogen-bond donors (Lipinski definition) is 1. The lowest BCUT2D eigenvalue weighted by molar-refractivity contribution is -0.119. The van der Waals surface area contributed by atoms with Crippen LogP contribution < -0.4 is 5.32 Å². The van der Waals surface area contributed by atoms with Gasteiger partial charge in [0, 0.05) is 24.8 Å². The summed E-state index contributed by atoms with van der Waals surface area (Å²) in [5, 5.41) is 3.63.